The van der Waals surface area contributed by atoms with Crippen LogP contribution in [0.15, 0.2) is 30.3 Å². The second-order valence-electron chi connectivity index (χ2n) is 5.03. The Bertz CT molecular complexity index is 378. The Morgan fingerprint density at radius 1 is 1.32 bits per heavy atom. The molecule has 4 nitrogen and oxygen atoms in total. The lowest BCUT2D eigenvalue weighted by Crippen LogP contribution is -2.43. The van der Waals surface area contributed by atoms with Crippen molar-refractivity contribution in [3.63, 3.8) is 0 Å². The van der Waals surface area contributed by atoms with E-state index in [1.165, 1.54) is 5.56 Å². The molecule has 0 heterocycles. The molecule has 0 saturated carbocycles. The van der Waals surface area contributed by atoms with E-state index in [0.29, 0.717) is 6.54 Å². The van der Waals surface area contributed by atoms with Crippen LogP contribution in [0.1, 0.15) is 31.4 Å². The molecule has 0 spiro atoms. The minimum absolute atomic E-state index is 0.0652. The maximum absolute atomic E-state index is 11.8. The molecular formula is C15H25N3O. The minimum Gasteiger partial charge on any atom is -0.353 e. The zero-order chi connectivity index (χ0) is 14.3. The molecule has 3 N–H and O–H groups in total. The van der Waals surface area contributed by atoms with Gasteiger partial charge in [-0.25, -0.2) is 0 Å². The summed E-state index contributed by atoms with van der Waals surface area (Å²) in [7, 11) is 4.02. The maximum atomic E-state index is 11.8. The SMILES string of the molecule is CCC[C@@H](N)C(=O)NCC(c1ccccc1)N(C)C. The molecule has 2 atom stereocenters. The summed E-state index contributed by atoms with van der Waals surface area (Å²) in [5, 5.41) is 2.94. The van der Waals surface area contributed by atoms with Crippen LogP contribution >= 0.6 is 0 Å². The molecule has 1 amide bonds. The number of rotatable bonds is 7. The van der Waals surface area contributed by atoms with Gasteiger partial charge in [-0.2, -0.15) is 0 Å². The Balaban J connectivity index is 2.59. The molecule has 0 bridgehead atoms. The van der Waals surface area contributed by atoms with E-state index in [4.69, 9.17) is 5.73 Å². The van der Waals surface area contributed by atoms with E-state index in [-0.39, 0.29) is 11.9 Å². The van der Waals surface area contributed by atoms with Gasteiger partial charge in [0.2, 0.25) is 5.91 Å². The van der Waals surface area contributed by atoms with Gasteiger partial charge in [0.25, 0.3) is 0 Å². The molecule has 0 aliphatic rings. The van der Waals surface area contributed by atoms with Crippen LogP contribution in [0.4, 0.5) is 0 Å². The third-order valence-corrected chi connectivity index (χ3v) is 3.21. The van der Waals surface area contributed by atoms with Crippen LogP contribution in [0.2, 0.25) is 0 Å². The molecule has 0 fully saturated rings. The highest BCUT2D eigenvalue weighted by molar-refractivity contribution is 5.81. The molecule has 0 radical (unpaired) electrons. The van der Waals surface area contributed by atoms with E-state index in [1.54, 1.807) is 0 Å². The molecule has 1 aromatic rings. The Kier molecular flexibility index (Phi) is 6.53. The van der Waals surface area contributed by atoms with Crippen molar-refractivity contribution in [2.24, 2.45) is 5.73 Å². The van der Waals surface area contributed by atoms with Gasteiger partial charge in [0.15, 0.2) is 0 Å². The smallest absolute Gasteiger partial charge is 0.236 e. The van der Waals surface area contributed by atoms with Gasteiger partial charge >= 0.3 is 0 Å². The molecule has 0 aliphatic carbocycles. The van der Waals surface area contributed by atoms with Crippen molar-refractivity contribution in [2.75, 3.05) is 20.6 Å². The van der Waals surface area contributed by atoms with Gasteiger partial charge in [-0.1, -0.05) is 43.7 Å². The summed E-state index contributed by atoms with van der Waals surface area (Å²) in [5.41, 5.74) is 6.99. The third kappa shape index (κ3) is 5.01. The number of nitrogens with zero attached hydrogens (tertiary/aromatic N) is 1. The Morgan fingerprint density at radius 2 is 1.95 bits per heavy atom. The molecule has 19 heavy (non-hydrogen) atoms. The molecule has 0 saturated heterocycles. The number of benzene rings is 1. The van der Waals surface area contributed by atoms with Gasteiger partial charge in [-0.05, 0) is 26.1 Å². The summed E-state index contributed by atoms with van der Waals surface area (Å²) in [6, 6.07) is 9.92. The van der Waals surface area contributed by atoms with Crippen LogP contribution in [-0.2, 0) is 4.79 Å². The van der Waals surface area contributed by atoms with Gasteiger partial charge in [-0.15, -0.1) is 0 Å². The van der Waals surface area contributed by atoms with E-state index in [9.17, 15) is 4.79 Å². The van der Waals surface area contributed by atoms with Gasteiger partial charge in [-0.3, -0.25) is 4.79 Å². The van der Waals surface area contributed by atoms with Crippen molar-refractivity contribution in [1.29, 1.82) is 0 Å². The summed E-state index contributed by atoms with van der Waals surface area (Å²) in [6.07, 6.45) is 1.65. The van der Waals surface area contributed by atoms with Crippen molar-refractivity contribution in [1.82, 2.24) is 10.2 Å². The zero-order valence-electron chi connectivity index (χ0n) is 12.1. The molecular weight excluding hydrogens is 238 g/mol. The lowest BCUT2D eigenvalue weighted by molar-refractivity contribution is -0.122. The Hall–Kier alpha value is -1.39. The first-order valence-corrected chi connectivity index (χ1v) is 6.81. The summed E-state index contributed by atoms with van der Waals surface area (Å²) < 4.78 is 0. The number of nitrogens with two attached hydrogens (primary N) is 1. The topological polar surface area (TPSA) is 58.4 Å². The van der Waals surface area contributed by atoms with Gasteiger partial charge in [0, 0.05) is 6.54 Å². The lowest BCUT2D eigenvalue weighted by atomic mass is 10.1. The summed E-state index contributed by atoms with van der Waals surface area (Å²) in [6.45, 7) is 2.60. The van der Waals surface area contributed by atoms with E-state index in [1.807, 2.05) is 39.2 Å². The molecule has 1 unspecified atom stereocenters. The van der Waals surface area contributed by atoms with Crippen molar-refractivity contribution in [2.45, 2.75) is 31.8 Å². The first-order chi connectivity index (χ1) is 9.06. The first kappa shape index (κ1) is 15.7. The zero-order valence-corrected chi connectivity index (χ0v) is 12.1. The summed E-state index contributed by atoms with van der Waals surface area (Å²) >= 11 is 0. The molecule has 106 valence electrons. The fourth-order valence-electron chi connectivity index (χ4n) is 2.04. The van der Waals surface area contributed by atoms with E-state index < -0.39 is 6.04 Å². The number of carbonyl (C=O) groups is 1. The van der Waals surface area contributed by atoms with E-state index >= 15 is 0 Å². The largest absolute Gasteiger partial charge is 0.353 e. The van der Waals surface area contributed by atoms with Gasteiger partial charge in [0.05, 0.1) is 12.1 Å². The van der Waals surface area contributed by atoms with Crippen LogP contribution in [-0.4, -0.2) is 37.5 Å². The predicted octanol–water partition coefficient (Wildman–Crippen LogP) is 1.53. The van der Waals surface area contributed by atoms with Crippen molar-refractivity contribution in [3.05, 3.63) is 35.9 Å². The number of carbonyl (C=O) groups excluding carboxylic acids is 1. The second-order valence-corrected chi connectivity index (χ2v) is 5.03. The van der Waals surface area contributed by atoms with Gasteiger partial charge in [0.1, 0.15) is 0 Å². The average molecular weight is 263 g/mol. The quantitative estimate of drug-likeness (QED) is 0.784. The van der Waals surface area contributed by atoms with Crippen molar-refractivity contribution < 1.29 is 4.79 Å². The van der Waals surface area contributed by atoms with Crippen molar-refractivity contribution >= 4 is 5.91 Å². The third-order valence-electron chi connectivity index (χ3n) is 3.21. The fraction of sp³-hybridized carbons (Fsp3) is 0.533. The Morgan fingerprint density at radius 3 is 2.47 bits per heavy atom. The monoisotopic (exact) mass is 263 g/mol. The highest BCUT2D eigenvalue weighted by atomic mass is 16.2. The number of hydrogen-bond donors (Lipinski definition) is 2. The first-order valence-electron chi connectivity index (χ1n) is 6.81. The number of hydrogen-bond acceptors (Lipinski definition) is 3. The number of likely N-dealkylation sites (N-methyl/N-ethyl adjacent to an activating group) is 1. The predicted molar refractivity (Wildman–Crippen MR) is 78.8 cm³/mol. The summed E-state index contributed by atoms with van der Waals surface area (Å²) in [4.78, 5) is 13.9. The van der Waals surface area contributed by atoms with Crippen molar-refractivity contribution in [3.8, 4) is 0 Å². The highest BCUT2D eigenvalue weighted by Gasteiger charge is 2.17. The van der Waals surface area contributed by atoms with Crippen LogP contribution in [0.5, 0.6) is 0 Å². The van der Waals surface area contributed by atoms with E-state index in [0.717, 1.165) is 12.8 Å². The Labute approximate surface area is 116 Å². The molecule has 1 aromatic carbocycles. The summed E-state index contributed by atoms with van der Waals surface area (Å²) in [5.74, 6) is -0.0652. The average Bonchev–Trinajstić information content (AvgIpc) is 2.39. The normalized spacial score (nSPS) is 14.2. The van der Waals surface area contributed by atoms with E-state index in [2.05, 4.69) is 22.3 Å². The fourth-order valence-corrected chi connectivity index (χ4v) is 2.04. The minimum atomic E-state index is -0.399. The molecule has 0 aromatic heterocycles. The molecule has 0 aliphatic heterocycles. The molecule has 4 heteroatoms. The van der Waals surface area contributed by atoms with Crippen LogP contribution in [0.3, 0.4) is 0 Å². The van der Waals surface area contributed by atoms with Gasteiger partial charge < -0.3 is 16.0 Å². The number of nitrogens with one attached hydrogen (secondary N) is 1. The maximum Gasteiger partial charge on any atom is 0.236 e. The second kappa shape index (κ2) is 7.92. The van der Waals surface area contributed by atoms with Crippen LogP contribution in [0, 0.1) is 0 Å². The number of amides is 1. The van der Waals surface area contributed by atoms with Crippen LogP contribution in [0.25, 0.3) is 0 Å². The van der Waals surface area contributed by atoms with Crippen LogP contribution < -0.4 is 11.1 Å². The lowest BCUT2D eigenvalue weighted by Gasteiger charge is -2.25. The highest BCUT2D eigenvalue weighted by Crippen LogP contribution is 2.16. The standard InChI is InChI=1S/C15H25N3O/c1-4-8-13(16)15(19)17-11-14(18(2)3)12-9-6-5-7-10-12/h5-7,9-10,13-14H,4,8,11,16H2,1-3H3,(H,17,19)/t13-,14?/m1/s1. The molecule has 1 rings (SSSR count).